The van der Waals surface area contributed by atoms with E-state index in [9.17, 15) is 10.1 Å². The molecule has 0 saturated carbocycles. The number of carbonyl (C=O) groups is 1. The number of nitriles is 1. The second-order valence-corrected chi connectivity index (χ2v) is 8.21. The third kappa shape index (κ3) is 6.13. The molecule has 0 aliphatic rings. The summed E-state index contributed by atoms with van der Waals surface area (Å²) in [6.07, 6.45) is 1.77. The van der Waals surface area contributed by atoms with Crippen LogP contribution in [0.4, 0.5) is 5.69 Å². The standard InChI is InChI=1S/C25H20BrClN2O3/c1-16-3-9-21(13-22(16)27)29-25(30)15-32-23-10-4-17(12-24(23)31-2)11-19(14-28)18-5-7-20(26)8-6-18/h3-13H,15H2,1-2H3,(H,29,30)/b19-11+. The molecule has 0 aromatic heterocycles. The van der Waals surface area contributed by atoms with Crippen molar-refractivity contribution < 1.29 is 14.3 Å². The van der Waals surface area contributed by atoms with Crippen LogP contribution in [-0.2, 0) is 4.79 Å². The molecule has 0 saturated heterocycles. The Kier molecular flexibility index (Phi) is 7.93. The molecule has 0 bridgehead atoms. The molecule has 0 radical (unpaired) electrons. The number of nitrogens with one attached hydrogen (secondary N) is 1. The number of carbonyl (C=O) groups excluding carboxylic acids is 1. The van der Waals surface area contributed by atoms with E-state index >= 15 is 0 Å². The molecule has 162 valence electrons. The zero-order valence-electron chi connectivity index (χ0n) is 17.5. The van der Waals surface area contributed by atoms with Crippen molar-refractivity contribution >= 4 is 50.8 Å². The van der Waals surface area contributed by atoms with Crippen LogP contribution in [0.5, 0.6) is 11.5 Å². The Bertz CT molecular complexity index is 1200. The van der Waals surface area contributed by atoms with Gasteiger partial charge in [-0.1, -0.05) is 51.8 Å². The molecule has 0 fully saturated rings. The van der Waals surface area contributed by atoms with Gasteiger partial charge < -0.3 is 14.8 Å². The first-order chi connectivity index (χ1) is 15.4. The molecule has 3 aromatic rings. The summed E-state index contributed by atoms with van der Waals surface area (Å²) < 4.78 is 12.0. The van der Waals surface area contributed by atoms with Crippen LogP contribution in [0.1, 0.15) is 16.7 Å². The molecule has 3 rings (SSSR count). The summed E-state index contributed by atoms with van der Waals surface area (Å²) in [6, 6.07) is 20.3. The van der Waals surface area contributed by atoms with Crippen LogP contribution < -0.4 is 14.8 Å². The lowest BCUT2D eigenvalue weighted by Crippen LogP contribution is -2.20. The molecule has 0 unspecified atom stereocenters. The molecule has 7 heteroatoms. The number of methoxy groups -OCH3 is 1. The quantitative estimate of drug-likeness (QED) is 0.290. The zero-order valence-corrected chi connectivity index (χ0v) is 19.8. The summed E-state index contributed by atoms with van der Waals surface area (Å²) >= 11 is 9.48. The molecular weight excluding hydrogens is 492 g/mol. The number of nitrogens with zero attached hydrogens (tertiary/aromatic N) is 1. The first kappa shape index (κ1) is 23.4. The third-order valence-corrected chi connectivity index (χ3v) is 5.52. The van der Waals surface area contributed by atoms with Crippen molar-refractivity contribution in [1.82, 2.24) is 0 Å². The number of allylic oxidation sites excluding steroid dienone is 1. The van der Waals surface area contributed by atoms with Crippen LogP contribution in [-0.4, -0.2) is 19.6 Å². The number of benzene rings is 3. The summed E-state index contributed by atoms with van der Waals surface area (Å²) in [5.74, 6) is 0.555. The smallest absolute Gasteiger partial charge is 0.262 e. The van der Waals surface area contributed by atoms with E-state index < -0.39 is 0 Å². The lowest BCUT2D eigenvalue weighted by molar-refractivity contribution is -0.118. The van der Waals surface area contributed by atoms with Gasteiger partial charge in [-0.15, -0.1) is 0 Å². The summed E-state index contributed by atoms with van der Waals surface area (Å²) in [5, 5.41) is 12.9. The van der Waals surface area contributed by atoms with Crippen LogP contribution in [0.25, 0.3) is 11.6 Å². The summed E-state index contributed by atoms with van der Waals surface area (Å²) in [6.45, 7) is 1.69. The van der Waals surface area contributed by atoms with Gasteiger partial charge in [-0.2, -0.15) is 5.26 Å². The number of anilines is 1. The maximum Gasteiger partial charge on any atom is 0.262 e. The fraction of sp³-hybridized carbons (Fsp3) is 0.120. The highest BCUT2D eigenvalue weighted by Gasteiger charge is 2.10. The van der Waals surface area contributed by atoms with Gasteiger partial charge in [0.1, 0.15) is 0 Å². The minimum atomic E-state index is -0.321. The van der Waals surface area contributed by atoms with Crippen LogP contribution >= 0.6 is 27.5 Å². The maximum atomic E-state index is 12.2. The largest absolute Gasteiger partial charge is 0.493 e. The number of rotatable bonds is 7. The Balaban J connectivity index is 1.70. The molecule has 1 N–H and O–H groups in total. The average Bonchev–Trinajstić information content (AvgIpc) is 2.79. The van der Waals surface area contributed by atoms with Gasteiger partial charge in [0.25, 0.3) is 5.91 Å². The fourth-order valence-corrected chi connectivity index (χ4v) is 3.33. The predicted molar refractivity (Wildman–Crippen MR) is 131 cm³/mol. The Labute approximate surface area is 200 Å². The van der Waals surface area contributed by atoms with Crippen LogP contribution in [0.15, 0.2) is 65.1 Å². The second-order valence-electron chi connectivity index (χ2n) is 6.89. The van der Waals surface area contributed by atoms with Gasteiger partial charge in [0.05, 0.1) is 18.8 Å². The topological polar surface area (TPSA) is 71.3 Å². The van der Waals surface area contributed by atoms with E-state index in [1.54, 1.807) is 36.4 Å². The number of amides is 1. The molecule has 0 atom stereocenters. The Morgan fingerprint density at radius 3 is 2.53 bits per heavy atom. The lowest BCUT2D eigenvalue weighted by Gasteiger charge is -2.12. The molecule has 1 amide bonds. The van der Waals surface area contributed by atoms with Crippen molar-refractivity contribution in [3.8, 4) is 17.6 Å². The molecule has 3 aromatic carbocycles. The van der Waals surface area contributed by atoms with Gasteiger partial charge in [-0.25, -0.2) is 0 Å². The van der Waals surface area contributed by atoms with Gasteiger partial charge >= 0.3 is 0 Å². The van der Waals surface area contributed by atoms with Gasteiger partial charge in [-0.05, 0) is 66.1 Å². The number of aryl methyl sites for hydroxylation is 1. The average molecular weight is 512 g/mol. The van der Waals surface area contributed by atoms with E-state index in [1.807, 2.05) is 37.3 Å². The van der Waals surface area contributed by atoms with Gasteiger partial charge in [0.15, 0.2) is 18.1 Å². The lowest BCUT2D eigenvalue weighted by atomic mass is 10.0. The second kappa shape index (κ2) is 10.9. The van der Waals surface area contributed by atoms with Crippen molar-refractivity contribution in [2.45, 2.75) is 6.92 Å². The molecule has 0 heterocycles. The van der Waals surface area contributed by atoms with E-state index in [2.05, 4.69) is 27.3 Å². The first-order valence-electron chi connectivity index (χ1n) is 9.64. The van der Waals surface area contributed by atoms with Crippen molar-refractivity contribution in [1.29, 1.82) is 5.26 Å². The fourth-order valence-electron chi connectivity index (χ4n) is 2.88. The van der Waals surface area contributed by atoms with Crippen molar-refractivity contribution in [2.75, 3.05) is 19.0 Å². The number of hydrogen-bond donors (Lipinski definition) is 1. The third-order valence-electron chi connectivity index (χ3n) is 4.59. The normalized spacial score (nSPS) is 10.9. The zero-order chi connectivity index (χ0) is 23.1. The first-order valence-corrected chi connectivity index (χ1v) is 10.8. The summed E-state index contributed by atoms with van der Waals surface area (Å²) in [7, 11) is 1.52. The highest BCUT2D eigenvalue weighted by molar-refractivity contribution is 9.10. The van der Waals surface area contributed by atoms with Crippen molar-refractivity contribution in [3.05, 3.63) is 86.8 Å². The predicted octanol–water partition coefficient (Wildman–Crippen LogP) is 6.50. The van der Waals surface area contributed by atoms with E-state index in [-0.39, 0.29) is 12.5 Å². The van der Waals surface area contributed by atoms with Gasteiger partial charge in [-0.3, -0.25) is 4.79 Å². The van der Waals surface area contributed by atoms with Crippen LogP contribution in [0.3, 0.4) is 0 Å². The summed E-state index contributed by atoms with van der Waals surface area (Å²) in [5.41, 5.74) is 3.62. The maximum absolute atomic E-state index is 12.2. The van der Waals surface area contributed by atoms with Gasteiger partial charge in [0.2, 0.25) is 0 Å². The highest BCUT2D eigenvalue weighted by Crippen LogP contribution is 2.30. The molecule has 0 aliphatic heterocycles. The monoisotopic (exact) mass is 510 g/mol. The molecule has 5 nitrogen and oxygen atoms in total. The minimum Gasteiger partial charge on any atom is -0.493 e. The van der Waals surface area contributed by atoms with E-state index in [4.69, 9.17) is 21.1 Å². The number of ether oxygens (including phenoxy) is 2. The van der Waals surface area contributed by atoms with Crippen LogP contribution in [0.2, 0.25) is 5.02 Å². The summed E-state index contributed by atoms with van der Waals surface area (Å²) in [4.78, 5) is 12.2. The molecular formula is C25H20BrClN2O3. The van der Waals surface area contributed by atoms with Crippen molar-refractivity contribution in [2.24, 2.45) is 0 Å². The van der Waals surface area contributed by atoms with E-state index in [0.717, 1.165) is 21.2 Å². The number of halogens is 2. The SMILES string of the molecule is COc1cc(/C=C(\C#N)c2ccc(Br)cc2)ccc1OCC(=O)Nc1ccc(C)c(Cl)c1. The number of hydrogen-bond acceptors (Lipinski definition) is 4. The Hall–Kier alpha value is -3.27. The molecule has 32 heavy (non-hydrogen) atoms. The minimum absolute atomic E-state index is 0.195. The molecule has 0 spiro atoms. The Morgan fingerprint density at radius 1 is 1.12 bits per heavy atom. The van der Waals surface area contributed by atoms with Gasteiger partial charge in [0, 0.05) is 15.2 Å². The molecule has 0 aliphatic carbocycles. The highest BCUT2D eigenvalue weighted by atomic mass is 79.9. The van der Waals surface area contributed by atoms with E-state index in [1.165, 1.54) is 7.11 Å². The Morgan fingerprint density at radius 2 is 1.88 bits per heavy atom. The van der Waals surface area contributed by atoms with Crippen molar-refractivity contribution in [3.63, 3.8) is 0 Å². The van der Waals surface area contributed by atoms with Crippen LogP contribution in [0, 0.1) is 18.3 Å². The van der Waals surface area contributed by atoms with E-state index in [0.29, 0.717) is 27.8 Å².